The van der Waals surface area contributed by atoms with Crippen LogP contribution in [0.5, 0.6) is 0 Å². The second kappa shape index (κ2) is 3.93. The van der Waals surface area contributed by atoms with Crippen molar-refractivity contribution in [2.75, 3.05) is 18.6 Å². The molecule has 1 atom stereocenters. The molecule has 5 nitrogen and oxygen atoms in total. The van der Waals surface area contributed by atoms with Crippen LogP contribution in [-0.2, 0) is 9.84 Å². The van der Waals surface area contributed by atoms with Gasteiger partial charge in [0.2, 0.25) is 0 Å². The number of hydrogen-bond donors (Lipinski definition) is 0. The van der Waals surface area contributed by atoms with Gasteiger partial charge in [0.05, 0.1) is 23.3 Å². The van der Waals surface area contributed by atoms with Crippen LogP contribution in [0.2, 0.25) is 0 Å². The van der Waals surface area contributed by atoms with Crippen molar-refractivity contribution >= 4 is 15.7 Å². The van der Waals surface area contributed by atoms with E-state index in [1.807, 2.05) is 0 Å². The van der Waals surface area contributed by atoms with Gasteiger partial charge in [-0.05, 0) is 12.5 Å². The summed E-state index contributed by atoms with van der Waals surface area (Å²) in [6, 6.07) is 1.36. The molecule has 1 aliphatic rings. The zero-order valence-corrected chi connectivity index (χ0v) is 9.74. The first kappa shape index (κ1) is 11.2. The minimum atomic E-state index is -2.96. The molecule has 1 fully saturated rings. The molecule has 0 aliphatic carbocycles. The number of sulfone groups is 1. The van der Waals surface area contributed by atoms with E-state index in [4.69, 9.17) is 4.42 Å². The van der Waals surface area contributed by atoms with E-state index in [1.54, 1.807) is 13.1 Å². The number of hydrogen-bond acceptors (Lipinski definition) is 4. The zero-order valence-electron chi connectivity index (χ0n) is 8.92. The van der Waals surface area contributed by atoms with Crippen molar-refractivity contribution in [1.29, 1.82) is 0 Å². The highest BCUT2D eigenvalue weighted by atomic mass is 32.2. The topological polar surface area (TPSA) is 67.6 Å². The van der Waals surface area contributed by atoms with Gasteiger partial charge < -0.3 is 9.32 Å². The van der Waals surface area contributed by atoms with Gasteiger partial charge in [-0.15, -0.1) is 0 Å². The van der Waals surface area contributed by atoms with Crippen LogP contribution in [0.25, 0.3) is 0 Å². The molecule has 2 heterocycles. The molecule has 0 aromatic carbocycles. The monoisotopic (exact) mass is 243 g/mol. The van der Waals surface area contributed by atoms with Crippen LogP contribution in [0.4, 0.5) is 0 Å². The SMILES string of the molecule is CN(C(=O)c1ccoc1)C1CCS(=O)(=O)C1. The molecule has 88 valence electrons. The van der Waals surface area contributed by atoms with Crippen molar-refractivity contribution in [3.63, 3.8) is 0 Å². The van der Waals surface area contributed by atoms with E-state index in [2.05, 4.69) is 0 Å². The van der Waals surface area contributed by atoms with Crippen LogP contribution in [0.3, 0.4) is 0 Å². The molecular weight excluding hydrogens is 230 g/mol. The predicted molar refractivity (Wildman–Crippen MR) is 57.9 cm³/mol. The van der Waals surface area contributed by atoms with Gasteiger partial charge in [0.1, 0.15) is 6.26 Å². The quantitative estimate of drug-likeness (QED) is 0.760. The van der Waals surface area contributed by atoms with Crippen LogP contribution < -0.4 is 0 Å². The molecule has 6 heteroatoms. The maximum absolute atomic E-state index is 11.9. The molecule has 1 saturated heterocycles. The maximum atomic E-state index is 11.9. The van der Waals surface area contributed by atoms with E-state index in [1.165, 1.54) is 17.4 Å². The molecule has 1 amide bonds. The summed E-state index contributed by atoms with van der Waals surface area (Å²) in [6.45, 7) is 0. The Labute approximate surface area is 94.0 Å². The minimum absolute atomic E-state index is 0.0626. The molecule has 0 saturated carbocycles. The first-order chi connectivity index (χ1) is 7.49. The lowest BCUT2D eigenvalue weighted by Gasteiger charge is -2.22. The Balaban J connectivity index is 2.09. The third-order valence-electron chi connectivity index (χ3n) is 2.84. The van der Waals surface area contributed by atoms with Crippen molar-refractivity contribution in [3.8, 4) is 0 Å². The summed E-state index contributed by atoms with van der Waals surface area (Å²) >= 11 is 0. The highest BCUT2D eigenvalue weighted by Gasteiger charge is 2.33. The number of amides is 1. The fraction of sp³-hybridized carbons (Fsp3) is 0.500. The third kappa shape index (κ3) is 2.11. The van der Waals surface area contributed by atoms with Crippen LogP contribution in [-0.4, -0.2) is 43.8 Å². The van der Waals surface area contributed by atoms with Gasteiger partial charge in [0, 0.05) is 13.1 Å². The van der Waals surface area contributed by atoms with Gasteiger partial charge in [0.15, 0.2) is 9.84 Å². The number of carbonyl (C=O) groups is 1. The Kier molecular flexibility index (Phi) is 2.75. The van der Waals surface area contributed by atoms with Gasteiger partial charge in [-0.2, -0.15) is 0 Å². The Morgan fingerprint density at radius 2 is 2.31 bits per heavy atom. The first-order valence-electron chi connectivity index (χ1n) is 4.99. The summed E-state index contributed by atoms with van der Waals surface area (Å²) in [4.78, 5) is 13.4. The zero-order chi connectivity index (χ0) is 11.8. The molecule has 2 rings (SSSR count). The summed E-state index contributed by atoms with van der Waals surface area (Å²) in [6.07, 6.45) is 3.30. The number of nitrogens with zero attached hydrogens (tertiary/aromatic N) is 1. The first-order valence-corrected chi connectivity index (χ1v) is 6.81. The Morgan fingerprint density at radius 1 is 1.56 bits per heavy atom. The highest BCUT2D eigenvalue weighted by molar-refractivity contribution is 7.91. The Bertz CT molecular complexity index is 477. The lowest BCUT2D eigenvalue weighted by Crippen LogP contribution is -2.37. The van der Waals surface area contributed by atoms with Gasteiger partial charge >= 0.3 is 0 Å². The summed E-state index contributed by atoms with van der Waals surface area (Å²) in [7, 11) is -1.33. The molecule has 1 unspecified atom stereocenters. The van der Waals surface area contributed by atoms with Crippen molar-refractivity contribution in [1.82, 2.24) is 4.90 Å². The summed E-state index contributed by atoms with van der Waals surface area (Å²) in [5.74, 6) is 0.0316. The van der Waals surface area contributed by atoms with Gasteiger partial charge in [0.25, 0.3) is 5.91 Å². The van der Waals surface area contributed by atoms with E-state index >= 15 is 0 Å². The van der Waals surface area contributed by atoms with E-state index in [9.17, 15) is 13.2 Å². The number of rotatable bonds is 2. The van der Waals surface area contributed by atoms with E-state index in [0.717, 1.165) is 0 Å². The Morgan fingerprint density at radius 3 is 2.81 bits per heavy atom. The van der Waals surface area contributed by atoms with Crippen LogP contribution in [0.1, 0.15) is 16.8 Å². The second-order valence-electron chi connectivity index (χ2n) is 3.98. The standard InChI is InChI=1S/C10H13NO4S/c1-11(9-3-5-16(13,14)7-9)10(12)8-2-4-15-6-8/h2,4,6,9H,3,5,7H2,1H3. The Hall–Kier alpha value is -1.30. The smallest absolute Gasteiger partial charge is 0.257 e. The maximum Gasteiger partial charge on any atom is 0.257 e. The minimum Gasteiger partial charge on any atom is -0.472 e. The van der Waals surface area contributed by atoms with Crippen molar-refractivity contribution in [3.05, 3.63) is 24.2 Å². The van der Waals surface area contributed by atoms with E-state index in [-0.39, 0.29) is 23.5 Å². The van der Waals surface area contributed by atoms with Gasteiger partial charge in [-0.1, -0.05) is 0 Å². The van der Waals surface area contributed by atoms with Crippen molar-refractivity contribution in [2.45, 2.75) is 12.5 Å². The van der Waals surface area contributed by atoms with Crippen LogP contribution >= 0.6 is 0 Å². The summed E-state index contributed by atoms with van der Waals surface area (Å²) < 4.78 is 27.4. The molecule has 16 heavy (non-hydrogen) atoms. The fourth-order valence-corrected chi connectivity index (χ4v) is 3.61. The van der Waals surface area contributed by atoms with E-state index < -0.39 is 9.84 Å². The number of furan rings is 1. The predicted octanol–water partition coefficient (Wildman–Crippen LogP) is 0.539. The van der Waals surface area contributed by atoms with Crippen LogP contribution in [0, 0.1) is 0 Å². The van der Waals surface area contributed by atoms with Crippen LogP contribution in [0.15, 0.2) is 23.0 Å². The molecular formula is C10H13NO4S. The molecule has 1 aliphatic heterocycles. The largest absolute Gasteiger partial charge is 0.472 e. The molecule has 0 N–H and O–H groups in total. The van der Waals surface area contributed by atoms with Gasteiger partial charge in [-0.25, -0.2) is 8.42 Å². The highest BCUT2D eigenvalue weighted by Crippen LogP contribution is 2.18. The molecule has 0 radical (unpaired) electrons. The fourth-order valence-electron chi connectivity index (χ4n) is 1.84. The molecule has 0 bridgehead atoms. The lowest BCUT2D eigenvalue weighted by molar-refractivity contribution is 0.0747. The average Bonchev–Trinajstić information content (AvgIpc) is 2.84. The van der Waals surface area contributed by atoms with E-state index in [0.29, 0.717) is 12.0 Å². The van der Waals surface area contributed by atoms with Gasteiger partial charge in [-0.3, -0.25) is 4.79 Å². The third-order valence-corrected chi connectivity index (χ3v) is 4.59. The molecule has 1 aromatic rings. The molecule has 0 spiro atoms. The number of carbonyl (C=O) groups excluding carboxylic acids is 1. The lowest BCUT2D eigenvalue weighted by atomic mass is 10.2. The van der Waals surface area contributed by atoms with Crippen molar-refractivity contribution in [2.24, 2.45) is 0 Å². The second-order valence-corrected chi connectivity index (χ2v) is 6.21. The summed E-state index contributed by atoms with van der Waals surface area (Å²) in [5, 5.41) is 0. The van der Waals surface area contributed by atoms with Crippen molar-refractivity contribution < 1.29 is 17.6 Å². The normalized spacial score (nSPS) is 23.2. The summed E-state index contributed by atoms with van der Waals surface area (Å²) in [5.41, 5.74) is 0.451. The molecule has 1 aromatic heterocycles. The average molecular weight is 243 g/mol.